The molecule has 10 aromatic carbocycles. The van der Waals surface area contributed by atoms with Crippen molar-refractivity contribution in [3.05, 3.63) is 241 Å². The predicted octanol–water partition coefficient (Wildman–Crippen LogP) is 18.2. The van der Waals surface area contributed by atoms with Crippen molar-refractivity contribution in [2.45, 2.75) is 27.7 Å². The van der Waals surface area contributed by atoms with Crippen molar-refractivity contribution in [2.75, 3.05) is 0 Å². The zero-order valence-corrected chi connectivity index (χ0v) is 39.1. The van der Waals surface area contributed by atoms with E-state index in [-0.39, 0.29) is 0 Å². The third-order valence-electron chi connectivity index (χ3n) is 13.8. The molecule has 3 heteroatoms. The summed E-state index contributed by atoms with van der Waals surface area (Å²) in [6, 6.07) is 71.4. The van der Waals surface area contributed by atoms with Gasteiger partial charge < -0.3 is 4.42 Å². The first-order chi connectivity index (χ1) is 33.8. The lowest BCUT2D eigenvalue weighted by atomic mass is 9.91. The summed E-state index contributed by atoms with van der Waals surface area (Å²) in [7, 11) is 0. The quantitative estimate of drug-likeness (QED) is 0.113. The van der Waals surface area contributed by atoms with E-state index in [4.69, 9.17) is 14.4 Å². The number of furan rings is 1. The lowest BCUT2D eigenvalue weighted by molar-refractivity contribution is 0.670. The van der Waals surface area contributed by atoms with Gasteiger partial charge in [-0.05, 0) is 136 Å². The van der Waals surface area contributed by atoms with Crippen LogP contribution in [0.1, 0.15) is 34.7 Å². The van der Waals surface area contributed by atoms with Crippen molar-refractivity contribution in [3.8, 4) is 55.9 Å². The van der Waals surface area contributed by atoms with Crippen molar-refractivity contribution in [1.82, 2.24) is 9.97 Å². The Morgan fingerprint density at radius 2 is 0.986 bits per heavy atom. The molecule has 0 saturated heterocycles. The lowest BCUT2D eigenvalue weighted by Crippen LogP contribution is -2.00. The molecule has 0 spiro atoms. The smallest absolute Gasteiger partial charge is 0.143 e. The van der Waals surface area contributed by atoms with E-state index in [1.54, 1.807) is 0 Å². The van der Waals surface area contributed by atoms with Crippen LogP contribution in [0, 0.1) is 20.8 Å². The first-order valence-electron chi connectivity index (χ1n) is 23.6. The average Bonchev–Trinajstić information content (AvgIpc) is 3.76. The van der Waals surface area contributed by atoms with Crippen LogP contribution in [0.5, 0.6) is 0 Å². The highest BCUT2D eigenvalue weighted by atomic mass is 16.3. The molecular weight excluding hydrogens is 837 g/mol. The molecule has 12 rings (SSSR count). The van der Waals surface area contributed by atoms with Crippen LogP contribution in [0.15, 0.2) is 217 Å². The zero-order valence-electron chi connectivity index (χ0n) is 39.1. The number of hydrogen-bond donors (Lipinski definition) is 0. The van der Waals surface area contributed by atoms with Gasteiger partial charge in [0.25, 0.3) is 0 Å². The fourth-order valence-electron chi connectivity index (χ4n) is 10.5. The van der Waals surface area contributed by atoms with Crippen LogP contribution in [0.2, 0.25) is 0 Å². The van der Waals surface area contributed by atoms with Gasteiger partial charge in [0.15, 0.2) is 0 Å². The Morgan fingerprint density at radius 3 is 1.67 bits per heavy atom. The first-order valence-corrected chi connectivity index (χ1v) is 23.6. The van der Waals surface area contributed by atoms with E-state index in [0.29, 0.717) is 0 Å². The summed E-state index contributed by atoms with van der Waals surface area (Å²) in [5, 5.41) is 6.64. The van der Waals surface area contributed by atoms with Gasteiger partial charge in [0, 0.05) is 38.2 Å². The van der Waals surface area contributed by atoms with Gasteiger partial charge in [-0.25, -0.2) is 9.97 Å². The normalized spacial score (nSPS) is 11.9. The summed E-state index contributed by atoms with van der Waals surface area (Å²) in [6.45, 7) is 13.1. The Hall–Kier alpha value is -8.66. The minimum atomic E-state index is 0.836. The minimum absolute atomic E-state index is 0.836. The monoisotopic (exact) mass is 884 g/mol. The third kappa shape index (κ3) is 7.40. The van der Waals surface area contributed by atoms with Crippen molar-refractivity contribution in [3.63, 3.8) is 0 Å². The molecule has 328 valence electrons. The summed E-state index contributed by atoms with van der Waals surface area (Å²) in [5.74, 6) is 0. The van der Waals surface area contributed by atoms with Gasteiger partial charge in [0.05, 0.1) is 22.4 Å². The van der Waals surface area contributed by atoms with Crippen LogP contribution in [0.25, 0.3) is 122 Å². The molecule has 0 unspecified atom stereocenters. The minimum Gasteiger partial charge on any atom is -0.455 e. The van der Waals surface area contributed by atoms with Crippen LogP contribution in [0.4, 0.5) is 0 Å². The standard InChI is InChI=1S/C66H48N2O/c1-40-32-43(4)61(44(5)33-40)65-62(67-63-55-28-14-12-26-53(55)54-27-13-15-29-56(54)64(63)68-65)51-25-17-24-50(36-51)57-38-52(49-23-16-22-48(35-49)46-20-10-7-11-21-46)39-59-58-37-47(30-31-60(58)69-66(57)59)42(3)34-41(2)45-18-8-6-9-19-45/h6-39H,2H2,1,3-5H3. The van der Waals surface area contributed by atoms with Gasteiger partial charge in [-0.1, -0.05) is 182 Å². The van der Waals surface area contributed by atoms with Crippen LogP contribution < -0.4 is 0 Å². The van der Waals surface area contributed by atoms with E-state index in [1.807, 2.05) is 6.07 Å². The molecule has 0 amide bonds. The van der Waals surface area contributed by atoms with Crippen molar-refractivity contribution >= 4 is 65.7 Å². The van der Waals surface area contributed by atoms with Crippen molar-refractivity contribution < 1.29 is 4.42 Å². The highest BCUT2D eigenvalue weighted by molar-refractivity contribution is 6.23. The van der Waals surface area contributed by atoms with Gasteiger partial charge in [-0.3, -0.25) is 0 Å². The first kappa shape index (κ1) is 41.7. The second kappa shape index (κ2) is 16.9. The van der Waals surface area contributed by atoms with E-state index in [1.165, 1.54) is 38.6 Å². The van der Waals surface area contributed by atoms with E-state index in [9.17, 15) is 0 Å². The fraction of sp³-hybridized carbons (Fsp3) is 0.0606. The topological polar surface area (TPSA) is 38.9 Å². The molecule has 2 heterocycles. The largest absolute Gasteiger partial charge is 0.455 e. The molecule has 0 radical (unpaired) electrons. The number of hydrogen-bond acceptors (Lipinski definition) is 3. The van der Waals surface area contributed by atoms with Crippen LogP contribution in [-0.4, -0.2) is 9.97 Å². The summed E-state index contributed by atoms with van der Waals surface area (Å²) < 4.78 is 6.97. The molecule has 2 aromatic heterocycles. The van der Waals surface area contributed by atoms with Crippen molar-refractivity contribution in [1.29, 1.82) is 0 Å². The lowest BCUT2D eigenvalue weighted by Gasteiger charge is -2.18. The Morgan fingerprint density at radius 1 is 0.435 bits per heavy atom. The van der Waals surface area contributed by atoms with Gasteiger partial charge in [-0.15, -0.1) is 0 Å². The van der Waals surface area contributed by atoms with Gasteiger partial charge in [-0.2, -0.15) is 0 Å². The molecule has 0 bridgehead atoms. The number of rotatable bonds is 8. The maximum absolute atomic E-state index is 6.97. The van der Waals surface area contributed by atoms with Gasteiger partial charge in [0.2, 0.25) is 0 Å². The van der Waals surface area contributed by atoms with E-state index in [0.717, 1.165) is 111 Å². The number of aromatic nitrogens is 2. The van der Waals surface area contributed by atoms with E-state index < -0.39 is 0 Å². The number of allylic oxidation sites excluding steroid dienone is 3. The highest BCUT2D eigenvalue weighted by Gasteiger charge is 2.22. The Balaban J connectivity index is 1.09. The van der Waals surface area contributed by atoms with Crippen LogP contribution in [0.3, 0.4) is 0 Å². The average molecular weight is 885 g/mol. The highest BCUT2D eigenvalue weighted by Crippen LogP contribution is 2.44. The van der Waals surface area contributed by atoms with Crippen LogP contribution in [-0.2, 0) is 0 Å². The number of nitrogens with zero attached hydrogens (tertiary/aromatic N) is 2. The zero-order chi connectivity index (χ0) is 46.8. The van der Waals surface area contributed by atoms with Crippen LogP contribution >= 0.6 is 0 Å². The van der Waals surface area contributed by atoms with Gasteiger partial charge in [0.1, 0.15) is 11.2 Å². The third-order valence-corrected chi connectivity index (χ3v) is 13.8. The summed E-state index contributed by atoms with van der Waals surface area (Å²) in [6.07, 6.45) is 2.17. The number of fused-ring (bicyclic) bond motifs is 9. The Bertz CT molecular complexity index is 4040. The molecule has 0 aliphatic rings. The molecule has 0 N–H and O–H groups in total. The van der Waals surface area contributed by atoms with Crippen molar-refractivity contribution in [2.24, 2.45) is 0 Å². The fourth-order valence-corrected chi connectivity index (χ4v) is 10.5. The number of benzene rings is 10. The molecular formula is C66H48N2O. The molecule has 0 fully saturated rings. The second-order valence-electron chi connectivity index (χ2n) is 18.4. The van der Waals surface area contributed by atoms with E-state index in [2.05, 4.69) is 234 Å². The molecule has 12 aromatic rings. The molecule has 0 aliphatic carbocycles. The van der Waals surface area contributed by atoms with E-state index >= 15 is 0 Å². The molecule has 0 atom stereocenters. The molecule has 3 nitrogen and oxygen atoms in total. The maximum atomic E-state index is 6.97. The maximum Gasteiger partial charge on any atom is 0.143 e. The van der Waals surface area contributed by atoms with Gasteiger partial charge >= 0.3 is 0 Å². The molecule has 0 aliphatic heterocycles. The molecule has 69 heavy (non-hydrogen) atoms. The SMILES string of the molecule is C=C(C=C(C)c1ccc2oc3c(-c4cccc(-c5nc6c7ccccc7c7ccccc7c6nc5-c5c(C)cc(C)cc5C)c4)cc(-c4cccc(-c5ccccc5)c4)cc3c2c1)c1ccccc1. The Kier molecular flexibility index (Phi) is 10.2. The summed E-state index contributed by atoms with van der Waals surface area (Å²) in [5.41, 5.74) is 21.8. The summed E-state index contributed by atoms with van der Waals surface area (Å²) in [4.78, 5) is 11.4. The second-order valence-corrected chi connectivity index (χ2v) is 18.4. The molecule has 0 saturated carbocycles. The predicted molar refractivity (Wildman–Crippen MR) is 292 cm³/mol. The Labute approximate surface area is 402 Å². The summed E-state index contributed by atoms with van der Waals surface area (Å²) >= 11 is 0. The number of aryl methyl sites for hydroxylation is 3.